The minimum absolute atomic E-state index is 0.0760. The number of nitrogens with zero attached hydrogens (tertiary/aromatic N) is 1. The van der Waals surface area contributed by atoms with Gasteiger partial charge < -0.3 is 0 Å². The lowest BCUT2D eigenvalue weighted by atomic mass is 10.1. The van der Waals surface area contributed by atoms with E-state index in [2.05, 4.69) is 21.2 Å². The summed E-state index contributed by atoms with van der Waals surface area (Å²) in [4.78, 5) is 27.2. The Hall–Kier alpha value is -1.83. The Morgan fingerprint density at radius 2 is 1.91 bits per heavy atom. The summed E-state index contributed by atoms with van der Waals surface area (Å²) in [5, 5.41) is 4.58. The maximum atomic E-state index is 12.8. The number of rotatable bonds is 2. The molecule has 0 spiro atoms. The van der Waals surface area contributed by atoms with Gasteiger partial charge in [-0.2, -0.15) is 0 Å². The van der Waals surface area contributed by atoms with Gasteiger partial charge in [-0.15, -0.1) is 11.3 Å². The Balaban J connectivity index is 2.02. The lowest BCUT2D eigenvalue weighted by Gasteiger charge is -2.28. The molecule has 1 fully saturated rings. The molecule has 3 rings (SSSR count). The number of aryl methyl sites for hydroxylation is 1. The van der Waals surface area contributed by atoms with Crippen molar-refractivity contribution in [2.24, 2.45) is 0 Å². The molecule has 1 aliphatic heterocycles. The van der Waals surface area contributed by atoms with Crippen LogP contribution in [-0.4, -0.2) is 16.9 Å². The van der Waals surface area contributed by atoms with Crippen molar-refractivity contribution < 1.29 is 9.59 Å². The third-order valence-electron chi connectivity index (χ3n) is 3.36. The lowest BCUT2D eigenvalue weighted by Crippen LogP contribution is -2.54. The molecule has 1 aromatic carbocycles. The van der Waals surface area contributed by atoms with Crippen LogP contribution in [0.3, 0.4) is 0 Å². The Labute approximate surface area is 150 Å². The summed E-state index contributed by atoms with van der Waals surface area (Å²) in [5.41, 5.74) is 1.70. The minimum atomic E-state index is -0.471. The van der Waals surface area contributed by atoms with Crippen molar-refractivity contribution in [3.8, 4) is 0 Å². The van der Waals surface area contributed by atoms with Gasteiger partial charge in [0.05, 0.1) is 5.69 Å². The van der Waals surface area contributed by atoms with Gasteiger partial charge in [-0.1, -0.05) is 15.9 Å². The zero-order valence-electron chi connectivity index (χ0n) is 12.0. The largest absolute Gasteiger partial charge is 0.298 e. The predicted octanol–water partition coefficient (Wildman–Crippen LogP) is 3.65. The molecule has 2 amide bonds. The van der Waals surface area contributed by atoms with Gasteiger partial charge in [0.15, 0.2) is 5.11 Å². The van der Waals surface area contributed by atoms with E-state index in [4.69, 9.17) is 12.2 Å². The molecule has 0 bridgehead atoms. The molecule has 0 saturated carbocycles. The summed E-state index contributed by atoms with van der Waals surface area (Å²) in [7, 11) is 0. The summed E-state index contributed by atoms with van der Waals surface area (Å²) >= 11 is 9.99. The number of hydrogen-bond donors (Lipinski definition) is 1. The van der Waals surface area contributed by atoms with Gasteiger partial charge >= 0.3 is 0 Å². The molecule has 116 valence electrons. The highest BCUT2D eigenvalue weighted by molar-refractivity contribution is 9.10. The van der Waals surface area contributed by atoms with Gasteiger partial charge in [0, 0.05) is 9.35 Å². The predicted molar refractivity (Wildman–Crippen MR) is 99.4 cm³/mol. The third-order valence-corrected chi connectivity index (χ3v) is 5.14. The van der Waals surface area contributed by atoms with Crippen molar-refractivity contribution in [3.63, 3.8) is 0 Å². The maximum Gasteiger partial charge on any atom is 0.270 e. The van der Waals surface area contributed by atoms with Crippen LogP contribution in [0.15, 0.2) is 45.8 Å². The molecule has 1 saturated heterocycles. The van der Waals surface area contributed by atoms with Crippen molar-refractivity contribution in [1.82, 2.24) is 5.32 Å². The summed E-state index contributed by atoms with van der Waals surface area (Å²) in [6.07, 6.45) is 1.62. The van der Waals surface area contributed by atoms with Gasteiger partial charge in [0.1, 0.15) is 5.57 Å². The Morgan fingerprint density at radius 1 is 1.22 bits per heavy atom. The van der Waals surface area contributed by atoms with E-state index in [1.165, 1.54) is 16.2 Å². The zero-order valence-corrected chi connectivity index (χ0v) is 15.2. The molecular weight excluding hydrogens is 396 g/mol. The summed E-state index contributed by atoms with van der Waals surface area (Å²) < 4.78 is 0.894. The summed E-state index contributed by atoms with van der Waals surface area (Å²) in [6, 6.07) is 9.10. The number of thiophene rings is 1. The molecule has 2 aromatic rings. The first-order valence-electron chi connectivity index (χ1n) is 6.68. The van der Waals surface area contributed by atoms with Crippen LogP contribution < -0.4 is 10.2 Å². The fourth-order valence-electron chi connectivity index (χ4n) is 2.15. The number of carbonyl (C=O) groups excluding carboxylic acids is 2. The van der Waals surface area contributed by atoms with Crippen molar-refractivity contribution in [3.05, 3.63) is 56.2 Å². The second-order valence-electron chi connectivity index (χ2n) is 4.90. The average Bonchev–Trinajstić information content (AvgIpc) is 2.90. The van der Waals surface area contributed by atoms with E-state index in [1.807, 2.05) is 30.5 Å². The first-order valence-corrected chi connectivity index (χ1v) is 8.76. The van der Waals surface area contributed by atoms with Crippen LogP contribution in [0.5, 0.6) is 0 Å². The Morgan fingerprint density at radius 3 is 2.52 bits per heavy atom. The number of amides is 2. The quantitative estimate of drug-likeness (QED) is 0.470. The van der Waals surface area contributed by atoms with E-state index in [9.17, 15) is 9.59 Å². The van der Waals surface area contributed by atoms with Crippen LogP contribution >= 0.6 is 39.5 Å². The average molecular weight is 407 g/mol. The molecule has 1 aromatic heterocycles. The molecule has 0 unspecified atom stereocenters. The highest BCUT2D eigenvalue weighted by atomic mass is 79.9. The van der Waals surface area contributed by atoms with E-state index in [0.29, 0.717) is 5.69 Å². The van der Waals surface area contributed by atoms with Gasteiger partial charge in [-0.3, -0.25) is 19.8 Å². The third kappa shape index (κ3) is 3.12. The Kier molecular flexibility index (Phi) is 4.43. The van der Waals surface area contributed by atoms with Gasteiger partial charge in [0.2, 0.25) is 0 Å². The van der Waals surface area contributed by atoms with E-state index in [-0.39, 0.29) is 10.7 Å². The number of benzene rings is 1. The molecule has 4 nitrogen and oxygen atoms in total. The molecule has 0 radical (unpaired) electrons. The first-order chi connectivity index (χ1) is 11.0. The number of hydrogen-bond acceptors (Lipinski definition) is 4. The van der Waals surface area contributed by atoms with Crippen molar-refractivity contribution >= 4 is 68.2 Å². The molecule has 23 heavy (non-hydrogen) atoms. The number of halogens is 1. The van der Waals surface area contributed by atoms with Crippen LogP contribution in [0.2, 0.25) is 0 Å². The fraction of sp³-hybridized carbons (Fsp3) is 0.0625. The van der Waals surface area contributed by atoms with Crippen LogP contribution in [0, 0.1) is 6.92 Å². The van der Waals surface area contributed by atoms with Crippen LogP contribution in [0.25, 0.3) is 6.08 Å². The fourth-order valence-corrected chi connectivity index (χ4v) is 3.55. The highest BCUT2D eigenvalue weighted by Crippen LogP contribution is 2.25. The van der Waals surface area contributed by atoms with Crippen molar-refractivity contribution in [2.75, 3.05) is 4.90 Å². The summed E-state index contributed by atoms with van der Waals surface area (Å²) in [6.45, 7) is 1.94. The van der Waals surface area contributed by atoms with E-state index < -0.39 is 11.8 Å². The van der Waals surface area contributed by atoms with Crippen LogP contribution in [0.1, 0.15) is 10.4 Å². The number of carbonyl (C=O) groups is 2. The number of anilines is 1. The van der Waals surface area contributed by atoms with E-state index >= 15 is 0 Å². The summed E-state index contributed by atoms with van der Waals surface area (Å²) in [5.74, 6) is -0.893. The second kappa shape index (κ2) is 6.35. The molecule has 1 aliphatic rings. The first kappa shape index (κ1) is 16.0. The number of thiocarbonyl (C=S) groups is 1. The minimum Gasteiger partial charge on any atom is -0.298 e. The van der Waals surface area contributed by atoms with Gasteiger partial charge in [-0.05, 0) is 66.5 Å². The zero-order chi connectivity index (χ0) is 16.6. The van der Waals surface area contributed by atoms with Crippen molar-refractivity contribution in [2.45, 2.75) is 6.92 Å². The van der Waals surface area contributed by atoms with E-state index in [0.717, 1.165) is 14.9 Å². The SMILES string of the molecule is Cc1ccsc1/C=C1/C(=O)NC(=S)N(c2ccc(Br)cc2)C1=O. The van der Waals surface area contributed by atoms with Crippen LogP contribution in [0.4, 0.5) is 5.69 Å². The molecule has 7 heteroatoms. The lowest BCUT2D eigenvalue weighted by molar-refractivity contribution is -0.122. The van der Waals surface area contributed by atoms with Crippen molar-refractivity contribution in [1.29, 1.82) is 0 Å². The molecule has 0 aliphatic carbocycles. The topological polar surface area (TPSA) is 49.4 Å². The van der Waals surface area contributed by atoms with Gasteiger partial charge in [0.25, 0.3) is 11.8 Å². The second-order valence-corrected chi connectivity index (χ2v) is 7.15. The van der Waals surface area contributed by atoms with Crippen LogP contribution in [-0.2, 0) is 9.59 Å². The molecule has 1 N–H and O–H groups in total. The normalized spacial score (nSPS) is 16.9. The molecule has 0 atom stereocenters. The molecular formula is C16H11BrN2O2S2. The smallest absolute Gasteiger partial charge is 0.270 e. The molecule has 2 heterocycles. The maximum absolute atomic E-state index is 12.8. The van der Waals surface area contributed by atoms with Gasteiger partial charge in [-0.25, -0.2) is 0 Å². The van der Waals surface area contributed by atoms with E-state index in [1.54, 1.807) is 18.2 Å². The highest BCUT2D eigenvalue weighted by Gasteiger charge is 2.34. The number of nitrogens with one attached hydrogen (secondary N) is 1. The monoisotopic (exact) mass is 406 g/mol. The Bertz CT molecular complexity index is 840. The standard InChI is InChI=1S/C16H11BrN2O2S2/c1-9-6-7-23-13(9)8-12-14(20)18-16(22)19(15(12)21)11-4-2-10(17)3-5-11/h2-8H,1H3,(H,18,20,22)/b12-8-.